The van der Waals surface area contributed by atoms with Gasteiger partial charge in [0, 0.05) is 11.8 Å². The lowest BCUT2D eigenvalue weighted by Crippen LogP contribution is -2.15. The highest BCUT2D eigenvalue weighted by atomic mass is 16.6. The molecule has 0 saturated heterocycles. The zero-order chi connectivity index (χ0) is 13.9. The minimum Gasteiger partial charge on any atom is -0.486 e. The van der Waals surface area contributed by atoms with Crippen molar-refractivity contribution in [2.45, 2.75) is 0 Å². The van der Waals surface area contributed by atoms with Crippen LogP contribution in [0.5, 0.6) is 11.5 Å². The van der Waals surface area contributed by atoms with E-state index in [2.05, 4.69) is 5.32 Å². The van der Waals surface area contributed by atoms with Crippen LogP contribution in [-0.2, 0) is 0 Å². The number of nitrogens with one attached hydrogen (secondary N) is 1. The molecule has 0 unspecified atom stereocenters. The molecule has 20 heavy (non-hydrogen) atoms. The van der Waals surface area contributed by atoms with Gasteiger partial charge in [0.2, 0.25) is 0 Å². The summed E-state index contributed by atoms with van der Waals surface area (Å²) in [5, 5.41) is 14.2. The van der Waals surface area contributed by atoms with Crippen molar-refractivity contribution in [3.05, 3.63) is 52.6 Å². The number of ether oxygens (including phenoxy) is 2. The maximum Gasteiger partial charge on any atom is 0.296 e. The summed E-state index contributed by atoms with van der Waals surface area (Å²) in [5.41, 5.74) is 1.11. The molecule has 0 atom stereocenters. The molecule has 2 aromatic rings. The largest absolute Gasteiger partial charge is 0.486 e. The quantitative estimate of drug-likeness (QED) is 0.686. The summed E-state index contributed by atoms with van der Waals surface area (Å²) >= 11 is 0. The van der Waals surface area contributed by atoms with Crippen molar-refractivity contribution in [3.8, 4) is 11.5 Å². The highest BCUT2D eigenvalue weighted by molar-refractivity contribution is 5.73. The van der Waals surface area contributed by atoms with Gasteiger partial charge >= 0.3 is 0 Å². The van der Waals surface area contributed by atoms with E-state index in [1.807, 2.05) is 30.3 Å². The Morgan fingerprint density at radius 3 is 2.35 bits per heavy atom. The highest BCUT2D eigenvalue weighted by Gasteiger charge is 2.22. The van der Waals surface area contributed by atoms with Gasteiger partial charge in [0.15, 0.2) is 11.5 Å². The van der Waals surface area contributed by atoms with Crippen LogP contribution in [0.4, 0.5) is 17.1 Å². The molecule has 0 spiro atoms. The zero-order valence-corrected chi connectivity index (χ0v) is 10.5. The van der Waals surface area contributed by atoms with E-state index >= 15 is 0 Å². The first-order valence-electron chi connectivity index (χ1n) is 6.14. The van der Waals surface area contributed by atoms with Gasteiger partial charge in [-0.05, 0) is 12.1 Å². The van der Waals surface area contributed by atoms with Gasteiger partial charge in [0.1, 0.15) is 18.9 Å². The highest BCUT2D eigenvalue weighted by Crippen LogP contribution is 2.40. The third-order valence-corrected chi connectivity index (χ3v) is 2.91. The van der Waals surface area contributed by atoms with Gasteiger partial charge in [-0.3, -0.25) is 10.1 Å². The molecule has 0 amide bonds. The SMILES string of the molecule is O=[N+]([O-])c1cc2c(cc1Nc1ccccc1)OCCO2. The first-order chi connectivity index (χ1) is 9.74. The van der Waals surface area contributed by atoms with Crippen molar-refractivity contribution < 1.29 is 14.4 Å². The summed E-state index contributed by atoms with van der Waals surface area (Å²) in [4.78, 5) is 10.7. The standard InChI is InChI=1S/C14H12N2O4/c17-16(18)12-9-14-13(19-6-7-20-14)8-11(12)15-10-4-2-1-3-5-10/h1-5,8-9,15H,6-7H2. The lowest BCUT2D eigenvalue weighted by molar-refractivity contribution is -0.384. The summed E-state index contributed by atoms with van der Waals surface area (Å²) < 4.78 is 10.8. The number of hydrogen-bond acceptors (Lipinski definition) is 5. The number of nitro benzene ring substituents is 1. The lowest BCUT2D eigenvalue weighted by Gasteiger charge is -2.19. The molecule has 0 aromatic heterocycles. The Morgan fingerprint density at radius 1 is 1.05 bits per heavy atom. The third-order valence-electron chi connectivity index (χ3n) is 2.91. The molecule has 1 aliphatic rings. The second kappa shape index (κ2) is 5.08. The lowest BCUT2D eigenvalue weighted by atomic mass is 10.2. The first kappa shape index (κ1) is 12.3. The average molecular weight is 272 g/mol. The Balaban J connectivity index is 2.02. The summed E-state index contributed by atoms with van der Waals surface area (Å²) in [7, 11) is 0. The molecule has 1 aliphatic heterocycles. The van der Waals surface area contributed by atoms with Crippen LogP contribution in [0.25, 0.3) is 0 Å². The fourth-order valence-electron chi connectivity index (χ4n) is 2.01. The van der Waals surface area contributed by atoms with Crippen LogP contribution in [0, 0.1) is 10.1 Å². The smallest absolute Gasteiger partial charge is 0.296 e. The number of anilines is 2. The average Bonchev–Trinajstić information content (AvgIpc) is 2.47. The summed E-state index contributed by atoms with van der Waals surface area (Å²) in [6.07, 6.45) is 0. The van der Waals surface area contributed by atoms with Crippen molar-refractivity contribution in [2.75, 3.05) is 18.5 Å². The molecular weight excluding hydrogens is 260 g/mol. The topological polar surface area (TPSA) is 73.6 Å². The molecule has 2 aromatic carbocycles. The minimum absolute atomic E-state index is 0.0434. The molecule has 1 N–H and O–H groups in total. The Morgan fingerprint density at radius 2 is 1.70 bits per heavy atom. The molecule has 0 saturated carbocycles. The molecule has 6 nitrogen and oxygen atoms in total. The van der Waals surface area contributed by atoms with Gasteiger partial charge in [-0.25, -0.2) is 0 Å². The molecule has 0 aliphatic carbocycles. The van der Waals surface area contributed by atoms with Crippen LogP contribution >= 0.6 is 0 Å². The van der Waals surface area contributed by atoms with Gasteiger partial charge in [-0.2, -0.15) is 0 Å². The van der Waals surface area contributed by atoms with Crippen LogP contribution in [0.2, 0.25) is 0 Å². The van der Waals surface area contributed by atoms with Crippen LogP contribution in [0.15, 0.2) is 42.5 Å². The fourth-order valence-corrected chi connectivity index (χ4v) is 2.01. The Bertz CT molecular complexity index is 643. The maximum absolute atomic E-state index is 11.2. The summed E-state index contributed by atoms with van der Waals surface area (Å²) in [6, 6.07) is 12.2. The molecule has 6 heteroatoms. The van der Waals surface area contributed by atoms with Crippen molar-refractivity contribution in [3.63, 3.8) is 0 Å². The Kier molecular flexibility index (Phi) is 3.12. The second-order valence-electron chi connectivity index (χ2n) is 4.26. The van der Waals surface area contributed by atoms with E-state index in [0.717, 1.165) is 5.69 Å². The number of hydrogen-bond donors (Lipinski definition) is 1. The van der Waals surface area contributed by atoms with Gasteiger partial charge in [-0.15, -0.1) is 0 Å². The third kappa shape index (κ3) is 2.35. The normalized spacial score (nSPS) is 12.8. The predicted octanol–water partition coefficient (Wildman–Crippen LogP) is 3.11. The Hall–Kier alpha value is -2.76. The van der Waals surface area contributed by atoms with Crippen LogP contribution in [0.3, 0.4) is 0 Å². The Labute approximate surface area is 115 Å². The first-order valence-corrected chi connectivity index (χ1v) is 6.14. The van der Waals surface area contributed by atoms with Crippen LogP contribution < -0.4 is 14.8 Å². The van der Waals surface area contributed by atoms with E-state index in [1.54, 1.807) is 6.07 Å². The van der Waals surface area contributed by atoms with Gasteiger partial charge in [0.25, 0.3) is 5.69 Å². The maximum atomic E-state index is 11.2. The number of nitro groups is 1. The van der Waals surface area contributed by atoms with Crippen molar-refractivity contribution in [1.82, 2.24) is 0 Å². The van der Waals surface area contributed by atoms with E-state index in [4.69, 9.17) is 9.47 Å². The predicted molar refractivity (Wildman–Crippen MR) is 73.8 cm³/mol. The van der Waals surface area contributed by atoms with E-state index < -0.39 is 4.92 Å². The van der Waals surface area contributed by atoms with Crippen molar-refractivity contribution in [1.29, 1.82) is 0 Å². The zero-order valence-electron chi connectivity index (χ0n) is 10.5. The van der Waals surface area contributed by atoms with E-state index in [-0.39, 0.29) is 5.69 Å². The summed E-state index contributed by atoms with van der Waals surface area (Å²) in [6.45, 7) is 0.838. The van der Waals surface area contributed by atoms with Crippen LogP contribution in [-0.4, -0.2) is 18.1 Å². The van der Waals surface area contributed by atoms with Gasteiger partial charge < -0.3 is 14.8 Å². The van der Waals surface area contributed by atoms with Crippen LogP contribution in [0.1, 0.15) is 0 Å². The molecule has 1 heterocycles. The molecule has 0 radical (unpaired) electrons. The van der Waals surface area contributed by atoms with Crippen molar-refractivity contribution in [2.24, 2.45) is 0 Å². The van der Waals surface area contributed by atoms with Gasteiger partial charge in [-0.1, -0.05) is 18.2 Å². The number of rotatable bonds is 3. The number of benzene rings is 2. The summed E-state index contributed by atoms with van der Waals surface area (Å²) in [5.74, 6) is 0.918. The van der Waals surface area contributed by atoms with E-state index in [0.29, 0.717) is 30.4 Å². The van der Waals surface area contributed by atoms with E-state index in [9.17, 15) is 10.1 Å². The second-order valence-corrected chi connectivity index (χ2v) is 4.26. The monoisotopic (exact) mass is 272 g/mol. The molecule has 0 fully saturated rings. The number of para-hydroxylation sites is 1. The molecular formula is C14H12N2O4. The number of fused-ring (bicyclic) bond motifs is 1. The molecule has 0 bridgehead atoms. The fraction of sp³-hybridized carbons (Fsp3) is 0.143. The molecule has 102 valence electrons. The van der Waals surface area contributed by atoms with E-state index in [1.165, 1.54) is 6.07 Å². The van der Waals surface area contributed by atoms with Crippen molar-refractivity contribution >= 4 is 17.1 Å². The number of nitrogens with zero attached hydrogens (tertiary/aromatic N) is 1. The molecule has 3 rings (SSSR count). The van der Waals surface area contributed by atoms with Gasteiger partial charge in [0.05, 0.1) is 11.0 Å². The minimum atomic E-state index is -0.441.